The molecule has 2 aromatic rings. The van der Waals surface area contributed by atoms with E-state index in [0.29, 0.717) is 30.4 Å². The van der Waals surface area contributed by atoms with Crippen LogP contribution in [0.4, 0.5) is 19.0 Å². The van der Waals surface area contributed by atoms with Crippen LogP contribution >= 0.6 is 0 Å². The predicted molar refractivity (Wildman–Crippen MR) is 108 cm³/mol. The number of alkyl halides is 3. The van der Waals surface area contributed by atoms with Crippen LogP contribution in [0, 0.1) is 0 Å². The topological polar surface area (TPSA) is 101 Å². The summed E-state index contributed by atoms with van der Waals surface area (Å²) < 4.78 is 43.3. The minimum Gasteiger partial charge on any atom is -0.507 e. The highest BCUT2D eigenvalue weighted by Crippen LogP contribution is 2.38. The molecule has 1 aliphatic heterocycles. The van der Waals surface area contributed by atoms with E-state index in [4.69, 9.17) is 15.6 Å². The molecule has 30 heavy (non-hydrogen) atoms. The average molecular weight is 427 g/mol. The van der Waals surface area contributed by atoms with Gasteiger partial charge in [-0.25, -0.2) is 0 Å². The molecule has 1 aromatic heterocycles. The molecule has 2 aliphatic rings. The Morgan fingerprint density at radius 3 is 2.30 bits per heavy atom. The van der Waals surface area contributed by atoms with Crippen molar-refractivity contribution in [3.63, 3.8) is 0 Å². The molecular formula is C21H28F3N3O3. The number of aromatic hydroxyl groups is 1. The lowest BCUT2D eigenvalue weighted by Gasteiger charge is -2.20. The highest BCUT2D eigenvalue weighted by Gasteiger charge is 2.31. The van der Waals surface area contributed by atoms with Gasteiger partial charge in [-0.3, -0.25) is 0 Å². The van der Waals surface area contributed by atoms with Gasteiger partial charge in [0.25, 0.3) is 0 Å². The number of aliphatic hydroxyl groups excluding tert-OH is 1. The van der Waals surface area contributed by atoms with Crippen LogP contribution in [-0.2, 0) is 23.9 Å². The molecule has 4 rings (SSSR count). The van der Waals surface area contributed by atoms with Gasteiger partial charge >= 0.3 is 6.18 Å². The second-order valence-corrected chi connectivity index (χ2v) is 6.86. The summed E-state index contributed by atoms with van der Waals surface area (Å²) in [6.45, 7) is 4.72. The van der Waals surface area contributed by atoms with Gasteiger partial charge < -0.3 is 20.7 Å². The Morgan fingerprint density at radius 2 is 1.77 bits per heavy atom. The standard InChI is InChI=1S/C14H12F3N3O2.C5H10O.C2H6/c15-14(16,17)7-1-2-9(11(21)5-7)12-8-3-4-22-6-10(8)13(18)20-19-12;6-5-3-1-2-4-5;1-2/h1-2,5,21H,3-4,6H2,(H2,18,20);5-6H,1-4H2;1-2H3. The molecule has 0 radical (unpaired) electrons. The maximum Gasteiger partial charge on any atom is 0.416 e. The van der Waals surface area contributed by atoms with Crippen molar-refractivity contribution in [1.29, 1.82) is 0 Å². The third-order valence-corrected chi connectivity index (χ3v) is 4.86. The van der Waals surface area contributed by atoms with E-state index in [-0.39, 0.29) is 24.1 Å². The van der Waals surface area contributed by atoms with Crippen molar-refractivity contribution in [2.24, 2.45) is 0 Å². The number of fused-ring (bicyclic) bond motifs is 1. The van der Waals surface area contributed by atoms with Gasteiger partial charge in [-0.2, -0.15) is 13.2 Å². The van der Waals surface area contributed by atoms with Crippen molar-refractivity contribution < 1.29 is 28.1 Å². The Labute approximate surface area is 173 Å². The number of phenols is 1. The molecule has 2 heterocycles. The number of nitrogen functional groups attached to an aromatic ring is 1. The number of ether oxygens (including phenoxy) is 1. The molecule has 166 valence electrons. The number of nitrogens with zero attached hydrogens (tertiary/aromatic N) is 2. The van der Waals surface area contributed by atoms with Crippen LogP contribution in [0.1, 0.15) is 56.2 Å². The van der Waals surface area contributed by atoms with Crippen molar-refractivity contribution >= 4 is 5.82 Å². The van der Waals surface area contributed by atoms with Gasteiger partial charge in [0.05, 0.1) is 24.9 Å². The highest BCUT2D eigenvalue weighted by atomic mass is 19.4. The van der Waals surface area contributed by atoms with Gasteiger partial charge in [0.15, 0.2) is 5.82 Å². The summed E-state index contributed by atoms with van der Waals surface area (Å²) in [6.07, 6.45) is 0.591. The number of halogens is 3. The third kappa shape index (κ3) is 5.82. The zero-order chi connectivity index (χ0) is 22.3. The fourth-order valence-corrected chi connectivity index (χ4v) is 3.33. The lowest BCUT2D eigenvalue weighted by molar-refractivity contribution is -0.137. The zero-order valence-corrected chi connectivity index (χ0v) is 17.2. The molecule has 1 aliphatic carbocycles. The largest absolute Gasteiger partial charge is 0.507 e. The molecule has 6 nitrogen and oxygen atoms in total. The van der Waals surface area contributed by atoms with E-state index in [2.05, 4.69) is 10.2 Å². The van der Waals surface area contributed by atoms with Crippen LogP contribution < -0.4 is 5.73 Å². The highest BCUT2D eigenvalue weighted by molar-refractivity contribution is 5.72. The number of anilines is 1. The van der Waals surface area contributed by atoms with Crippen LogP contribution in [0.5, 0.6) is 5.75 Å². The summed E-state index contributed by atoms with van der Waals surface area (Å²) in [5, 5.41) is 26.4. The quantitative estimate of drug-likeness (QED) is 0.621. The van der Waals surface area contributed by atoms with E-state index in [1.807, 2.05) is 13.8 Å². The Morgan fingerprint density at radius 1 is 1.10 bits per heavy atom. The number of phenolic OH excluding ortho intramolecular Hbond substituents is 1. The first-order chi connectivity index (χ1) is 14.3. The summed E-state index contributed by atoms with van der Waals surface area (Å²) in [6, 6.07) is 2.77. The van der Waals surface area contributed by atoms with E-state index in [0.717, 1.165) is 24.5 Å². The van der Waals surface area contributed by atoms with Crippen LogP contribution in [0.15, 0.2) is 18.2 Å². The van der Waals surface area contributed by atoms with Crippen LogP contribution in [-0.4, -0.2) is 33.1 Å². The molecule has 0 saturated heterocycles. The summed E-state index contributed by atoms with van der Waals surface area (Å²) >= 11 is 0. The molecule has 0 unspecified atom stereocenters. The fraction of sp³-hybridized carbons (Fsp3) is 0.524. The minimum atomic E-state index is -4.52. The van der Waals surface area contributed by atoms with Crippen molar-refractivity contribution in [3.05, 3.63) is 34.9 Å². The lowest BCUT2D eigenvalue weighted by atomic mass is 9.97. The molecule has 9 heteroatoms. The normalized spacial score (nSPS) is 16.1. The molecule has 0 amide bonds. The average Bonchev–Trinajstić information content (AvgIpc) is 3.21. The van der Waals surface area contributed by atoms with Crippen molar-refractivity contribution in [3.8, 4) is 17.0 Å². The first-order valence-electron chi connectivity index (χ1n) is 10.1. The van der Waals surface area contributed by atoms with E-state index >= 15 is 0 Å². The summed E-state index contributed by atoms with van der Waals surface area (Å²) in [7, 11) is 0. The second-order valence-electron chi connectivity index (χ2n) is 6.86. The molecule has 0 atom stereocenters. The summed E-state index contributed by atoms with van der Waals surface area (Å²) in [5.74, 6) is -0.271. The van der Waals surface area contributed by atoms with E-state index in [1.165, 1.54) is 18.9 Å². The van der Waals surface area contributed by atoms with Gasteiger partial charge in [0.2, 0.25) is 0 Å². The number of hydrogen-bond acceptors (Lipinski definition) is 6. The first kappa shape index (κ1) is 23.9. The Kier molecular flexibility index (Phi) is 8.43. The Bertz CT molecular complexity index is 838. The first-order valence-corrected chi connectivity index (χ1v) is 10.1. The molecule has 1 aromatic carbocycles. The van der Waals surface area contributed by atoms with E-state index in [1.54, 1.807) is 0 Å². The van der Waals surface area contributed by atoms with Crippen LogP contribution in [0.25, 0.3) is 11.3 Å². The number of hydrogen-bond donors (Lipinski definition) is 3. The van der Waals surface area contributed by atoms with Gasteiger partial charge in [0, 0.05) is 11.1 Å². The van der Waals surface area contributed by atoms with E-state index < -0.39 is 17.5 Å². The summed E-state index contributed by atoms with van der Waals surface area (Å²) in [4.78, 5) is 0. The number of rotatable bonds is 1. The van der Waals surface area contributed by atoms with Crippen LogP contribution in [0.2, 0.25) is 0 Å². The van der Waals surface area contributed by atoms with Gasteiger partial charge in [0.1, 0.15) is 11.4 Å². The number of aliphatic hydroxyl groups is 1. The smallest absolute Gasteiger partial charge is 0.416 e. The fourth-order valence-electron chi connectivity index (χ4n) is 3.33. The van der Waals surface area contributed by atoms with Gasteiger partial charge in [-0.05, 0) is 43.0 Å². The monoisotopic (exact) mass is 427 g/mol. The maximum absolute atomic E-state index is 12.7. The Hall–Kier alpha value is -2.39. The molecule has 0 bridgehead atoms. The second kappa shape index (κ2) is 10.6. The summed E-state index contributed by atoms with van der Waals surface area (Å²) in [5.41, 5.74) is 6.75. The predicted octanol–water partition coefficient (Wildman–Crippen LogP) is 4.47. The van der Waals surface area contributed by atoms with Crippen molar-refractivity contribution in [2.45, 2.75) is 64.8 Å². The zero-order valence-electron chi connectivity index (χ0n) is 17.2. The molecule has 1 fully saturated rings. The van der Waals surface area contributed by atoms with Crippen LogP contribution in [0.3, 0.4) is 0 Å². The molecule has 1 saturated carbocycles. The maximum atomic E-state index is 12.7. The van der Waals surface area contributed by atoms with Gasteiger partial charge in [-0.15, -0.1) is 10.2 Å². The van der Waals surface area contributed by atoms with Crippen molar-refractivity contribution in [2.75, 3.05) is 12.3 Å². The molecular weight excluding hydrogens is 399 g/mol. The number of aromatic nitrogens is 2. The van der Waals surface area contributed by atoms with Gasteiger partial charge in [-0.1, -0.05) is 26.7 Å². The lowest BCUT2D eigenvalue weighted by Crippen LogP contribution is -2.16. The number of nitrogens with two attached hydrogens (primary N) is 1. The minimum absolute atomic E-state index is 0.0463. The molecule has 0 spiro atoms. The van der Waals surface area contributed by atoms with Crippen molar-refractivity contribution in [1.82, 2.24) is 10.2 Å². The number of benzene rings is 1. The third-order valence-electron chi connectivity index (χ3n) is 4.86. The Balaban J connectivity index is 0.000000340. The molecule has 4 N–H and O–H groups in total. The van der Waals surface area contributed by atoms with E-state index in [9.17, 15) is 18.3 Å². The SMILES string of the molecule is CC.Nc1nnc(-c2ccc(C(F)(F)F)cc2O)c2c1COCC2.OC1CCCC1.